The molecule has 2 heterocycles. The number of hydrogen-bond acceptors (Lipinski definition) is 5. The number of benzene rings is 2. The Balaban J connectivity index is 1.73. The van der Waals surface area contributed by atoms with E-state index in [-0.39, 0.29) is 29.2 Å². The molecule has 0 bridgehead atoms. The van der Waals surface area contributed by atoms with Crippen LogP contribution in [0.5, 0.6) is 5.75 Å². The maximum Gasteiger partial charge on any atom is 0.318 e. The lowest BCUT2D eigenvalue weighted by Gasteiger charge is -2.43. The topological polar surface area (TPSA) is 79.7 Å². The third-order valence-electron chi connectivity index (χ3n) is 6.53. The molecule has 1 aliphatic heterocycles. The fourth-order valence-corrected chi connectivity index (χ4v) is 4.78. The Morgan fingerprint density at radius 3 is 2.53 bits per heavy atom. The van der Waals surface area contributed by atoms with Crippen LogP contribution >= 0.6 is 0 Å². The first-order chi connectivity index (χ1) is 17.1. The summed E-state index contributed by atoms with van der Waals surface area (Å²) in [5.41, 5.74) is 0.942. The van der Waals surface area contributed by atoms with E-state index in [1.54, 1.807) is 4.57 Å². The van der Waals surface area contributed by atoms with Crippen LogP contribution in [0.2, 0.25) is 0 Å². The highest BCUT2D eigenvalue weighted by atomic mass is 16.5. The second-order valence-corrected chi connectivity index (χ2v) is 10.4. The number of nitrogens with one attached hydrogen (secondary N) is 1. The lowest BCUT2D eigenvalue weighted by atomic mass is 10.1. The summed E-state index contributed by atoms with van der Waals surface area (Å²) in [4.78, 5) is 35.8. The van der Waals surface area contributed by atoms with Crippen LogP contribution in [-0.2, 0) is 0 Å². The SMILES string of the molecule is CCOc1ccccc1-n1c(C(C)N2CCN(C(=O)NC(C)(C)C)C(C)C2)nc2ccccc2c1=O. The lowest BCUT2D eigenvalue weighted by Crippen LogP contribution is -2.59. The van der Waals surface area contributed by atoms with Gasteiger partial charge in [-0.2, -0.15) is 0 Å². The van der Waals surface area contributed by atoms with Crippen LogP contribution in [0.1, 0.15) is 53.4 Å². The third kappa shape index (κ3) is 5.23. The molecule has 2 atom stereocenters. The molecule has 1 aromatic heterocycles. The number of hydrogen-bond donors (Lipinski definition) is 1. The van der Waals surface area contributed by atoms with Crippen LogP contribution in [0.15, 0.2) is 53.3 Å². The Kier molecular flexibility index (Phi) is 7.36. The Morgan fingerprint density at radius 1 is 1.14 bits per heavy atom. The number of aromatic nitrogens is 2. The number of ether oxygens (including phenoxy) is 1. The van der Waals surface area contributed by atoms with Crippen LogP contribution in [0, 0.1) is 0 Å². The molecule has 8 nitrogen and oxygen atoms in total. The first-order valence-electron chi connectivity index (χ1n) is 12.7. The number of piperazine rings is 1. The molecule has 3 aromatic rings. The molecule has 0 radical (unpaired) electrons. The molecule has 0 aliphatic carbocycles. The van der Waals surface area contributed by atoms with E-state index in [1.165, 1.54) is 0 Å². The number of carbonyl (C=O) groups excluding carboxylic acids is 1. The van der Waals surface area contributed by atoms with Gasteiger partial charge in [-0.1, -0.05) is 24.3 Å². The highest BCUT2D eigenvalue weighted by molar-refractivity contribution is 5.78. The van der Waals surface area contributed by atoms with Crippen molar-refractivity contribution in [2.75, 3.05) is 26.2 Å². The molecule has 4 rings (SSSR count). The molecule has 1 aliphatic rings. The molecule has 2 unspecified atom stereocenters. The molecule has 36 heavy (non-hydrogen) atoms. The predicted molar refractivity (Wildman–Crippen MR) is 143 cm³/mol. The summed E-state index contributed by atoms with van der Waals surface area (Å²) in [6.45, 7) is 14.5. The second-order valence-electron chi connectivity index (χ2n) is 10.4. The summed E-state index contributed by atoms with van der Waals surface area (Å²) >= 11 is 0. The maximum absolute atomic E-state index is 13.8. The van der Waals surface area contributed by atoms with Crippen molar-refractivity contribution in [2.45, 2.75) is 59.2 Å². The monoisotopic (exact) mass is 491 g/mol. The van der Waals surface area contributed by atoms with Gasteiger partial charge in [-0.15, -0.1) is 0 Å². The molecule has 2 aromatic carbocycles. The summed E-state index contributed by atoms with van der Waals surface area (Å²) in [5.74, 6) is 1.30. The average molecular weight is 492 g/mol. The van der Waals surface area contributed by atoms with E-state index in [9.17, 15) is 9.59 Å². The van der Waals surface area contributed by atoms with E-state index in [0.717, 1.165) is 0 Å². The minimum atomic E-state index is -0.291. The average Bonchev–Trinajstić information content (AvgIpc) is 2.83. The van der Waals surface area contributed by atoms with Gasteiger partial charge in [0.05, 0.1) is 29.2 Å². The summed E-state index contributed by atoms with van der Waals surface area (Å²) in [6.07, 6.45) is 0. The van der Waals surface area contributed by atoms with E-state index >= 15 is 0 Å². The van der Waals surface area contributed by atoms with Crippen molar-refractivity contribution in [2.24, 2.45) is 0 Å². The highest BCUT2D eigenvalue weighted by Gasteiger charge is 2.33. The van der Waals surface area contributed by atoms with Crippen LogP contribution in [0.25, 0.3) is 16.6 Å². The maximum atomic E-state index is 13.8. The van der Waals surface area contributed by atoms with Gasteiger partial charge in [-0.05, 0) is 65.8 Å². The smallest absolute Gasteiger partial charge is 0.318 e. The van der Waals surface area contributed by atoms with E-state index in [1.807, 2.05) is 81.1 Å². The van der Waals surface area contributed by atoms with Gasteiger partial charge in [0.1, 0.15) is 11.6 Å². The fraction of sp³-hybridized carbons (Fsp3) is 0.464. The van der Waals surface area contributed by atoms with Crippen molar-refractivity contribution in [3.63, 3.8) is 0 Å². The van der Waals surface area contributed by atoms with Crippen molar-refractivity contribution in [1.82, 2.24) is 24.7 Å². The minimum Gasteiger partial charge on any atom is -0.492 e. The Morgan fingerprint density at radius 2 is 1.83 bits per heavy atom. The molecule has 1 N–H and O–H groups in total. The number of urea groups is 1. The first-order valence-corrected chi connectivity index (χ1v) is 12.7. The van der Waals surface area contributed by atoms with Crippen molar-refractivity contribution in [1.29, 1.82) is 0 Å². The number of amides is 2. The van der Waals surface area contributed by atoms with Crippen molar-refractivity contribution >= 4 is 16.9 Å². The molecule has 192 valence electrons. The van der Waals surface area contributed by atoms with Crippen LogP contribution in [0.3, 0.4) is 0 Å². The number of nitrogens with zero attached hydrogens (tertiary/aromatic N) is 4. The molecule has 8 heteroatoms. The van der Waals surface area contributed by atoms with Gasteiger partial charge in [-0.3, -0.25) is 14.3 Å². The summed E-state index contributed by atoms with van der Waals surface area (Å²) in [7, 11) is 0. The second kappa shape index (κ2) is 10.3. The zero-order valence-corrected chi connectivity index (χ0v) is 22.1. The molecular weight excluding hydrogens is 454 g/mol. The van der Waals surface area contributed by atoms with E-state index < -0.39 is 0 Å². The number of para-hydroxylation sites is 3. The zero-order chi connectivity index (χ0) is 26.0. The van der Waals surface area contributed by atoms with Gasteiger partial charge < -0.3 is 15.0 Å². The van der Waals surface area contributed by atoms with Crippen LogP contribution < -0.4 is 15.6 Å². The first kappa shape index (κ1) is 25.7. The van der Waals surface area contributed by atoms with Crippen LogP contribution in [-0.4, -0.2) is 63.2 Å². The molecular formula is C28H37N5O3. The summed E-state index contributed by atoms with van der Waals surface area (Å²) in [6, 6.07) is 14.8. The Bertz CT molecular complexity index is 1300. The Hall–Kier alpha value is -3.39. The fourth-order valence-electron chi connectivity index (χ4n) is 4.78. The van der Waals surface area contributed by atoms with Gasteiger partial charge in [0, 0.05) is 31.2 Å². The number of fused-ring (bicyclic) bond motifs is 1. The molecule has 2 amide bonds. The molecule has 0 saturated carbocycles. The van der Waals surface area contributed by atoms with Gasteiger partial charge in [-0.25, -0.2) is 9.78 Å². The van der Waals surface area contributed by atoms with Gasteiger partial charge in [0.25, 0.3) is 5.56 Å². The molecule has 1 saturated heterocycles. The number of carbonyl (C=O) groups is 1. The quantitative estimate of drug-likeness (QED) is 0.574. The minimum absolute atomic E-state index is 0.0138. The molecule has 0 spiro atoms. The Labute approximate surface area is 212 Å². The van der Waals surface area contributed by atoms with Crippen LogP contribution in [0.4, 0.5) is 4.79 Å². The zero-order valence-electron chi connectivity index (χ0n) is 22.1. The van der Waals surface area contributed by atoms with Gasteiger partial charge in [0.15, 0.2) is 0 Å². The normalized spacial score (nSPS) is 17.7. The van der Waals surface area contributed by atoms with Crippen molar-refractivity contribution < 1.29 is 9.53 Å². The van der Waals surface area contributed by atoms with E-state index in [2.05, 4.69) is 24.1 Å². The highest BCUT2D eigenvalue weighted by Crippen LogP contribution is 2.29. The lowest BCUT2D eigenvalue weighted by molar-refractivity contribution is 0.0730. The third-order valence-corrected chi connectivity index (χ3v) is 6.53. The van der Waals surface area contributed by atoms with E-state index in [0.29, 0.717) is 54.4 Å². The van der Waals surface area contributed by atoms with E-state index in [4.69, 9.17) is 9.72 Å². The summed E-state index contributed by atoms with van der Waals surface area (Å²) < 4.78 is 7.58. The summed E-state index contributed by atoms with van der Waals surface area (Å²) in [5, 5.41) is 3.63. The standard InChI is InChI=1S/C28H37N5O3/c1-7-36-24-15-11-10-14-23(24)33-25(29-22-13-9-8-12-21(22)26(33)34)20(3)31-16-17-32(19(2)18-31)27(35)30-28(4,5)6/h8-15,19-20H,7,16-18H2,1-6H3,(H,30,35). The van der Waals surface area contributed by atoms with Gasteiger partial charge in [0.2, 0.25) is 0 Å². The number of rotatable bonds is 5. The largest absolute Gasteiger partial charge is 0.492 e. The predicted octanol–water partition coefficient (Wildman–Crippen LogP) is 4.36. The van der Waals surface area contributed by atoms with Gasteiger partial charge >= 0.3 is 6.03 Å². The molecule has 1 fully saturated rings. The van der Waals surface area contributed by atoms with Crippen molar-refractivity contribution in [3.05, 3.63) is 64.7 Å². The van der Waals surface area contributed by atoms with Crippen molar-refractivity contribution in [3.8, 4) is 11.4 Å².